The smallest absolute Gasteiger partial charge is 0.238 e. The molecule has 0 radical (unpaired) electrons. The molecule has 0 heterocycles. The van der Waals surface area contributed by atoms with Gasteiger partial charge in [-0.2, -0.15) is 0 Å². The normalized spacial score (nSPS) is 12.2. The monoisotopic (exact) mass is 347 g/mol. The van der Waals surface area contributed by atoms with Crippen molar-refractivity contribution < 1.29 is 4.79 Å². The lowest BCUT2D eigenvalue weighted by Gasteiger charge is -2.10. The van der Waals surface area contributed by atoms with E-state index in [9.17, 15) is 4.79 Å². The summed E-state index contributed by atoms with van der Waals surface area (Å²) in [4.78, 5) is 11.6. The van der Waals surface area contributed by atoms with Gasteiger partial charge in [-0.25, -0.2) is 0 Å². The van der Waals surface area contributed by atoms with Crippen LogP contribution >= 0.6 is 31.9 Å². The molecule has 0 aromatic heterocycles. The quantitative estimate of drug-likeness (QED) is 0.788. The van der Waals surface area contributed by atoms with Crippen LogP contribution in [0, 0.1) is 0 Å². The average Bonchev–Trinajstić information content (AvgIpc) is 2.29. The molecule has 0 aliphatic carbocycles. The third-order valence-electron chi connectivity index (χ3n) is 2.21. The van der Waals surface area contributed by atoms with Gasteiger partial charge in [0.1, 0.15) is 0 Å². The molecule has 4 heteroatoms. The van der Waals surface area contributed by atoms with Crippen LogP contribution in [0.25, 0.3) is 0 Å². The largest absolute Gasteiger partial charge is 0.325 e. The Kier molecular flexibility index (Phi) is 6.06. The number of nitrogens with one attached hydrogen (secondary N) is 1. The van der Waals surface area contributed by atoms with E-state index in [1.54, 1.807) is 0 Å². The zero-order valence-electron chi connectivity index (χ0n) is 9.17. The van der Waals surface area contributed by atoms with E-state index >= 15 is 0 Å². The molecule has 0 saturated carbocycles. The van der Waals surface area contributed by atoms with Gasteiger partial charge in [-0.15, -0.1) is 0 Å². The van der Waals surface area contributed by atoms with Crippen molar-refractivity contribution in [3.63, 3.8) is 0 Å². The van der Waals surface area contributed by atoms with E-state index in [2.05, 4.69) is 44.1 Å². The fourth-order valence-electron chi connectivity index (χ4n) is 1.27. The number of hydrogen-bond acceptors (Lipinski definition) is 1. The predicted octanol–water partition coefficient (Wildman–Crippen LogP) is 4.34. The van der Waals surface area contributed by atoms with E-state index in [1.807, 2.05) is 24.3 Å². The lowest BCUT2D eigenvalue weighted by Crippen LogP contribution is -2.22. The highest BCUT2D eigenvalue weighted by Gasteiger charge is 2.13. The number of alkyl halides is 1. The molecule has 0 bridgehead atoms. The summed E-state index contributed by atoms with van der Waals surface area (Å²) in [6.45, 7) is 2.12. The molecule has 0 saturated heterocycles. The van der Waals surface area contributed by atoms with Crippen LogP contribution < -0.4 is 5.32 Å². The third kappa shape index (κ3) is 4.66. The standard InChI is InChI=1S/C12H15Br2NO/c1-2-3-4-11(14)12(16)15-10-7-5-9(13)6-8-10/h5-8,11H,2-4H2,1H3,(H,15,16). The predicted molar refractivity (Wildman–Crippen MR) is 75.0 cm³/mol. The van der Waals surface area contributed by atoms with Crippen LogP contribution in [0.2, 0.25) is 0 Å². The minimum Gasteiger partial charge on any atom is -0.325 e. The van der Waals surface area contributed by atoms with Crippen LogP contribution in [0.5, 0.6) is 0 Å². The summed E-state index contributed by atoms with van der Waals surface area (Å²) in [7, 11) is 0. The van der Waals surface area contributed by atoms with Crippen molar-refractivity contribution in [3.05, 3.63) is 28.7 Å². The highest BCUT2D eigenvalue weighted by Crippen LogP contribution is 2.16. The van der Waals surface area contributed by atoms with E-state index in [0.29, 0.717) is 0 Å². The average molecular weight is 349 g/mol. The van der Waals surface area contributed by atoms with E-state index < -0.39 is 0 Å². The molecule has 0 fully saturated rings. The molecule has 1 amide bonds. The summed E-state index contributed by atoms with van der Waals surface area (Å²) in [5, 5.41) is 2.87. The molecule has 1 rings (SSSR count). The summed E-state index contributed by atoms with van der Waals surface area (Å²) >= 11 is 6.75. The Hall–Kier alpha value is -0.350. The lowest BCUT2D eigenvalue weighted by molar-refractivity contribution is -0.115. The van der Waals surface area contributed by atoms with Gasteiger partial charge in [0.15, 0.2) is 0 Å². The van der Waals surface area contributed by atoms with Crippen molar-refractivity contribution in [1.29, 1.82) is 0 Å². The second-order valence-electron chi connectivity index (χ2n) is 3.61. The maximum atomic E-state index is 11.7. The number of halogens is 2. The van der Waals surface area contributed by atoms with E-state index in [-0.39, 0.29) is 10.7 Å². The number of hydrogen-bond donors (Lipinski definition) is 1. The fourth-order valence-corrected chi connectivity index (χ4v) is 1.97. The molecule has 1 N–H and O–H groups in total. The number of carbonyl (C=O) groups is 1. The molecule has 88 valence electrons. The summed E-state index contributed by atoms with van der Waals surface area (Å²) in [6, 6.07) is 7.57. The van der Waals surface area contributed by atoms with Gasteiger partial charge in [0.2, 0.25) is 5.91 Å². The Morgan fingerprint density at radius 3 is 2.56 bits per heavy atom. The molecule has 1 aromatic carbocycles. The molecular weight excluding hydrogens is 334 g/mol. The van der Waals surface area contributed by atoms with Gasteiger partial charge in [0.05, 0.1) is 4.83 Å². The Bertz CT molecular complexity index is 337. The molecule has 1 aromatic rings. The van der Waals surface area contributed by atoms with Crippen molar-refractivity contribution in [3.8, 4) is 0 Å². The van der Waals surface area contributed by atoms with E-state index in [1.165, 1.54) is 0 Å². The number of amides is 1. The van der Waals surface area contributed by atoms with Crippen LogP contribution in [0.4, 0.5) is 5.69 Å². The highest BCUT2D eigenvalue weighted by atomic mass is 79.9. The molecule has 0 spiro atoms. The van der Waals surface area contributed by atoms with Crippen LogP contribution in [0.1, 0.15) is 26.2 Å². The van der Waals surface area contributed by atoms with Gasteiger partial charge >= 0.3 is 0 Å². The summed E-state index contributed by atoms with van der Waals surface area (Å²) in [5.74, 6) is 0.0239. The third-order valence-corrected chi connectivity index (χ3v) is 3.61. The minimum atomic E-state index is -0.101. The van der Waals surface area contributed by atoms with Gasteiger partial charge in [0.25, 0.3) is 0 Å². The van der Waals surface area contributed by atoms with Crippen molar-refractivity contribution >= 4 is 43.5 Å². The fraction of sp³-hybridized carbons (Fsp3) is 0.417. The molecule has 1 atom stereocenters. The second-order valence-corrected chi connectivity index (χ2v) is 5.63. The van der Waals surface area contributed by atoms with Crippen molar-refractivity contribution in [2.45, 2.75) is 31.0 Å². The number of unbranched alkanes of at least 4 members (excludes halogenated alkanes) is 1. The van der Waals surface area contributed by atoms with Crippen molar-refractivity contribution in [2.75, 3.05) is 5.32 Å². The lowest BCUT2D eigenvalue weighted by atomic mass is 10.2. The second kappa shape index (κ2) is 7.07. The summed E-state index contributed by atoms with van der Waals surface area (Å²) in [6.07, 6.45) is 3.04. The van der Waals surface area contributed by atoms with Crippen LogP contribution in [-0.2, 0) is 4.79 Å². The molecule has 2 nitrogen and oxygen atoms in total. The molecule has 16 heavy (non-hydrogen) atoms. The SMILES string of the molecule is CCCCC(Br)C(=O)Nc1ccc(Br)cc1. The van der Waals surface area contributed by atoms with Crippen LogP contribution in [-0.4, -0.2) is 10.7 Å². The van der Waals surface area contributed by atoms with Gasteiger partial charge in [-0.05, 0) is 30.7 Å². The first kappa shape index (κ1) is 13.7. The zero-order valence-corrected chi connectivity index (χ0v) is 12.3. The topological polar surface area (TPSA) is 29.1 Å². The first-order valence-electron chi connectivity index (χ1n) is 5.34. The molecular formula is C12H15Br2NO. The first-order chi connectivity index (χ1) is 7.63. The maximum absolute atomic E-state index is 11.7. The van der Waals surface area contributed by atoms with Gasteiger partial charge in [0, 0.05) is 10.2 Å². The Labute approximate surface area is 113 Å². The first-order valence-corrected chi connectivity index (χ1v) is 7.05. The van der Waals surface area contributed by atoms with Crippen molar-refractivity contribution in [2.24, 2.45) is 0 Å². The number of anilines is 1. The van der Waals surface area contributed by atoms with Crippen LogP contribution in [0.15, 0.2) is 28.7 Å². The summed E-state index contributed by atoms with van der Waals surface area (Å²) in [5.41, 5.74) is 0.828. The van der Waals surface area contributed by atoms with Gasteiger partial charge < -0.3 is 5.32 Å². The van der Waals surface area contributed by atoms with Crippen LogP contribution in [0.3, 0.4) is 0 Å². The maximum Gasteiger partial charge on any atom is 0.238 e. The minimum absolute atomic E-state index is 0.0239. The zero-order chi connectivity index (χ0) is 12.0. The van der Waals surface area contributed by atoms with Gasteiger partial charge in [-0.1, -0.05) is 51.6 Å². The van der Waals surface area contributed by atoms with E-state index in [4.69, 9.17) is 0 Å². The number of benzene rings is 1. The summed E-state index contributed by atoms with van der Waals surface area (Å²) < 4.78 is 1.01. The Balaban J connectivity index is 2.47. The van der Waals surface area contributed by atoms with E-state index in [0.717, 1.165) is 29.4 Å². The van der Waals surface area contributed by atoms with Crippen molar-refractivity contribution in [1.82, 2.24) is 0 Å². The molecule has 0 aliphatic rings. The van der Waals surface area contributed by atoms with Gasteiger partial charge in [-0.3, -0.25) is 4.79 Å². The Morgan fingerprint density at radius 2 is 2.00 bits per heavy atom. The molecule has 0 aliphatic heterocycles. The number of carbonyl (C=O) groups excluding carboxylic acids is 1. The number of rotatable bonds is 5. The Morgan fingerprint density at radius 1 is 1.38 bits per heavy atom. The molecule has 1 unspecified atom stereocenters. The highest BCUT2D eigenvalue weighted by molar-refractivity contribution is 9.10.